The first-order valence-corrected chi connectivity index (χ1v) is 14.6. The Morgan fingerprint density at radius 3 is 2.46 bits per heavy atom. The highest BCUT2D eigenvalue weighted by Crippen LogP contribution is 2.42. The Morgan fingerprint density at radius 1 is 1.11 bits per heavy atom. The van der Waals surface area contributed by atoms with Crippen LogP contribution in [0.3, 0.4) is 0 Å². The number of anilines is 3. The Balaban J connectivity index is 1.60. The minimum atomic E-state index is -4.00. The topological polar surface area (TPSA) is 110 Å². The molecule has 2 aromatic heterocycles. The fourth-order valence-electron chi connectivity index (χ4n) is 4.32. The second-order valence-electron chi connectivity index (χ2n) is 8.87. The molecule has 37 heavy (non-hydrogen) atoms. The van der Waals surface area contributed by atoms with Crippen molar-refractivity contribution in [1.82, 2.24) is 9.97 Å². The highest BCUT2D eigenvalue weighted by atomic mass is 35.5. The van der Waals surface area contributed by atoms with E-state index in [1.165, 1.54) is 35.6 Å². The zero-order valence-corrected chi connectivity index (χ0v) is 22.6. The fourth-order valence-corrected chi connectivity index (χ4v) is 6.86. The third kappa shape index (κ3) is 5.27. The smallest absolute Gasteiger partial charge is 0.341 e. The molecule has 1 atom stereocenters. The van der Waals surface area contributed by atoms with E-state index >= 15 is 0 Å². The van der Waals surface area contributed by atoms with E-state index in [4.69, 9.17) is 16.3 Å². The summed E-state index contributed by atoms with van der Waals surface area (Å²) in [7, 11) is -4.00. The maximum Gasteiger partial charge on any atom is 0.341 e. The van der Waals surface area contributed by atoms with Crippen molar-refractivity contribution < 1.29 is 17.9 Å². The minimum Gasteiger partial charge on any atom is -0.462 e. The van der Waals surface area contributed by atoms with Gasteiger partial charge in [-0.25, -0.2) is 23.2 Å². The number of ether oxygens (including phenoxy) is 1. The molecule has 0 unspecified atom stereocenters. The molecule has 0 aliphatic heterocycles. The van der Waals surface area contributed by atoms with Crippen LogP contribution in [0.15, 0.2) is 53.4 Å². The number of fused-ring (bicyclic) bond motifs is 2. The van der Waals surface area contributed by atoms with Gasteiger partial charge in [0, 0.05) is 9.90 Å². The summed E-state index contributed by atoms with van der Waals surface area (Å²) in [5, 5.41) is 4.21. The van der Waals surface area contributed by atoms with E-state index in [9.17, 15) is 13.2 Å². The summed E-state index contributed by atoms with van der Waals surface area (Å²) in [6, 6.07) is 13.0. The second kappa shape index (κ2) is 10.3. The van der Waals surface area contributed by atoms with Gasteiger partial charge in [-0.2, -0.15) is 0 Å². The summed E-state index contributed by atoms with van der Waals surface area (Å²) in [4.78, 5) is 23.4. The number of esters is 1. The zero-order chi connectivity index (χ0) is 26.2. The van der Waals surface area contributed by atoms with Crippen LogP contribution in [-0.2, 0) is 27.6 Å². The minimum absolute atomic E-state index is 0.0169. The van der Waals surface area contributed by atoms with Gasteiger partial charge in [-0.15, -0.1) is 11.3 Å². The number of benzene rings is 2. The van der Waals surface area contributed by atoms with Gasteiger partial charge < -0.3 is 10.1 Å². The molecule has 0 spiro atoms. The third-order valence-corrected chi connectivity index (χ3v) is 8.93. The van der Waals surface area contributed by atoms with Crippen LogP contribution in [0.5, 0.6) is 0 Å². The van der Waals surface area contributed by atoms with E-state index in [2.05, 4.69) is 26.9 Å². The van der Waals surface area contributed by atoms with Crippen LogP contribution in [0.1, 0.15) is 41.1 Å². The Morgan fingerprint density at radius 2 is 1.78 bits per heavy atom. The summed E-state index contributed by atoms with van der Waals surface area (Å²) in [6.45, 7) is 4.21. The Kier molecular flexibility index (Phi) is 7.06. The molecular weight excluding hydrogens is 532 g/mol. The van der Waals surface area contributed by atoms with Crippen molar-refractivity contribution >= 4 is 66.6 Å². The second-order valence-corrected chi connectivity index (χ2v) is 12.1. The van der Waals surface area contributed by atoms with Gasteiger partial charge in [0.25, 0.3) is 10.0 Å². The molecular formula is C26H25ClN4O4S2. The van der Waals surface area contributed by atoms with Crippen LogP contribution in [0.25, 0.3) is 11.0 Å². The van der Waals surface area contributed by atoms with Crippen molar-refractivity contribution in [3.8, 4) is 0 Å². The van der Waals surface area contributed by atoms with Crippen LogP contribution in [0, 0.1) is 5.92 Å². The Bertz CT molecular complexity index is 1590. The summed E-state index contributed by atoms with van der Waals surface area (Å²) in [5.74, 6) is 0.307. The predicted octanol–water partition coefficient (Wildman–Crippen LogP) is 6.19. The third-order valence-electron chi connectivity index (χ3n) is 6.15. The molecule has 1 aliphatic rings. The number of thiophene rings is 1. The number of nitrogens with one attached hydrogen (secondary N) is 2. The van der Waals surface area contributed by atoms with Crippen molar-refractivity contribution in [2.45, 2.75) is 38.0 Å². The van der Waals surface area contributed by atoms with Crippen LogP contribution < -0.4 is 10.0 Å². The van der Waals surface area contributed by atoms with Gasteiger partial charge in [0.05, 0.1) is 28.1 Å². The highest BCUT2D eigenvalue weighted by molar-refractivity contribution is 7.92. The van der Waals surface area contributed by atoms with Crippen molar-refractivity contribution in [1.29, 1.82) is 0 Å². The maximum absolute atomic E-state index is 13.2. The first-order valence-electron chi connectivity index (χ1n) is 11.9. The van der Waals surface area contributed by atoms with Gasteiger partial charge in [-0.3, -0.25) is 4.72 Å². The van der Waals surface area contributed by atoms with E-state index < -0.39 is 16.0 Å². The van der Waals surface area contributed by atoms with E-state index in [1.807, 2.05) is 6.07 Å². The van der Waals surface area contributed by atoms with E-state index in [1.54, 1.807) is 25.1 Å². The molecule has 0 saturated carbocycles. The molecule has 0 amide bonds. The highest BCUT2D eigenvalue weighted by Gasteiger charge is 2.29. The SMILES string of the molecule is CCOC(=O)c1c(Nc2nc3ccccc3nc2NS(=O)(=O)c2ccc(Cl)cc2)sc2c1CC[C@H](C)C2. The number of halogens is 1. The maximum atomic E-state index is 13.2. The average molecular weight is 557 g/mol. The molecule has 1 aliphatic carbocycles. The van der Waals surface area contributed by atoms with Gasteiger partial charge in [0.15, 0.2) is 11.6 Å². The number of rotatable bonds is 7. The first-order chi connectivity index (χ1) is 17.7. The van der Waals surface area contributed by atoms with E-state index in [0.29, 0.717) is 32.5 Å². The lowest BCUT2D eigenvalue weighted by Gasteiger charge is -2.18. The number of hydrogen-bond donors (Lipinski definition) is 2. The molecule has 11 heteroatoms. The molecule has 5 rings (SSSR count). The molecule has 0 bridgehead atoms. The van der Waals surface area contributed by atoms with Gasteiger partial charge >= 0.3 is 5.97 Å². The number of carbonyl (C=O) groups excluding carboxylic acids is 1. The standard InChI is InChI=1S/C26H25ClN4O4S2/c1-3-35-26(32)22-18-13-8-15(2)14-21(18)36-25(22)30-23-24(29-20-7-5-4-6-19(20)28-23)31-37(33,34)17-11-9-16(27)10-12-17/h4-7,9-12,15H,3,8,13-14H2,1-2H3,(H,28,30)(H,29,31)/t15-/m0/s1. The molecule has 0 fully saturated rings. The normalized spacial score (nSPS) is 15.3. The largest absolute Gasteiger partial charge is 0.462 e. The molecule has 2 aromatic carbocycles. The fraction of sp³-hybridized carbons (Fsp3) is 0.269. The summed E-state index contributed by atoms with van der Waals surface area (Å²) in [6.07, 6.45) is 2.63. The van der Waals surface area contributed by atoms with Gasteiger partial charge in [-0.05, 0) is 74.1 Å². The van der Waals surface area contributed by atoms with E-state index in [-0.39, 0.29) is 23.1 Å². The lowest BCUT2D eigenvalue weighted by Crippen LogP contribution is -2.16. The van der Waals surface area contributed by atoms with Crippen molar-refractivity contribution in [2.75, 3.05) is 16.6 Å². The lowest BCUT2D eigenvalue weighted by atomic mass is 9.88. The summed E-state index contributed by atoms with van der Waals surface area (Å²) < 4.78 is 34.3. The monoisotopic (exact) mass is 556 g/mol. The van der Waals surface area contributed by atoms with Crippen molar-refractivity contribution in [2.24, 2.45) is 5.92 Å². The number of para-hydroxylation sites is 2. The molecule has 2 heterocycles. The number of aromatic nitrogens is 2. The molecule has 2 N–H and O–H groups in total. The number of carbonyl (C=O) groups is 1. The number of nitrogens with zero attached hydrogens (tertiary/aromatic N) is 2. The van der Waals surface area contributed by atoms with E-state index in [0.717, 1.165) is 29.7 Å². The molecule has 8 nitrogen and oxygen atoms in total. The first kappa shape index (κ1) is 25.4. The van der Waals surface area contributed by atoms with Crippen LogP contribution in [-0.4, -0.2) is 31.0 Å². The van der Waals surface area contributed by atoms with Gasteiger partial charge in [-0.1, -0.05) is 30.7 Å². The van der Waals surface area contributed by atoms with Crippen molar-refractivity contribution in [3.05, 3.63) is 69.6 Å². The molecule has 192 valence electrons. The summed E-state index contributed by atoms with van der Waals surface area (Å²) >= 11 is 7.41. The predicted molar refractivity (Wildman–Crippen MR) is 147 cm³/mol. The van der Waals surface area contributed by atoms with Crippen LogP contribution in [0.2, 0.25) is 5.02 Å². The van der Waals surface area contributed by atoms with Crippen LogP contribution >= 0.6 is 22.9 Å². The zero-order valence-electron chi connectivity index (χ0n) is 20.2. The molecule has 0 saturated heterocycles. The number of hydrogen-bond acceptors (Lipinski definition) is 8. The quantitative estimate of drug-likeness (QED) is 0.261. The summed E-state index contributed by atoms with van der Waals surface area (Å²) in [5.41, 5.74) is 2.56. The average Bonchev–Trinajstić information content (AvgIpc) is 3.21. The lowest BCUT2D eigenvalue weighted by molar-refractivity contribution is 0.0526. The van der Waals surface area contributed by atoms with Gasteiger partial charge in [0.1, 0.15) is 5.00 Å². The molecule has 4 aromatic rings. The number of sulfonamides is 1. The van der Waals surface area contributed by atoms with Crippen LogP contribution in [0.4, 0.5) is 16.6 Å². The van der Waals surface area contributed by atoms with Gasteiger partial charge in [0.2, 0.25) is 0 Å². The van der Waals surface area contributed by atoms with Crippen molar-refractivity contribution in [3.63, 3.8) is 0 Å². The Labute approximate surface area is 224 Å². The molecule has 0 radical (unpaired) electrons. The Hall–Kier alpha value is -3.21.